The maximum absolute atomic E-state index is 12.4. The zero-order valence-electron chi connectivity index (χ0n) is 14.2. The average Bonchev–Trinajstić information content (AvgIpc) is 2.97. The first kappa shape index (κ1) is 17.7. The summed E-state index contributed by atoms with van der Waals surface area (Å²) in [7, 11) is 5.39. The lowest BCUT2D eigenvalue weighted by molar-refractivity contribution is 0.0957. The summed E-state index contributed by atoms with van der Waals surface area (Å²) in [6, 6.07) is 4.09. The first-order valence-corrected chi connectivity index (χ1v) is 7.71. The highest BCUT2D eigenvalue weighted by Gasteiger charge is 2.14. The maximum Gasteiger partial charge on any atom is 0.251 e. The minimum absolute atomic E-state index is 0.191. The van der Waals surface area contributed by atoms with Gasteiger partial charge in [0.25, 0.3) is 6.43 Å². The van der Waals surface area contributed by atoms with Gasteiger partial charge in [0, 0.05) is 42.3 Å². The molecule has 0 aliphatic rings. The SMILES string of the molecule is COc1cc(C)c2[nH]ccc2c1CN(C)CCN(C)CC(F)F. The third-order valence-electron chi connectivity index (χ3n) is 4.07. The number of alkyl halides is 2. The van der Waals surface area contributed by atoms with Gasteiger partial charge < -0.3 is 14.6 Å². The molecule has 6 heteroatoms. The number of methoxy groups -OCH3 is 1. The Morgan fingerprint density at radius 2 is 1.91 bits per heavy atom. The van der Waals surface area contributed by atoms with Gasteiger partial charge in [-0.2, -0.15) is 0 Å². The quantitative estimate of drug-likeness (QED) is 0.809. The van der Waals surface area contributed by atoms with E-state index >= 15 is 0 Å². The fourth-order valence-corrected chi connectivity index (χ4v) is 2.80. The zero-order valence-corrected chi connectivity index (χ0v) is 14.2. The van der Waals surface area contributed by atoms with Crippen LogP contribution in [0, 0.1) is 6.92 Å². The summed E-state index contributed by atoms with van der Waals surface area (Å²) in [5, 5.41) is 1.15. The maximum atomic E-state index is 12.4. The molecular weight excluding hydrogens is 300 g/mol. The highest BCUT2D eigenvalue weighted by molar-refractivity contribution is 5.88. The van der Waals surface area contributed by atoms with E-state index in [0.29, 0.717) is 19.6 Å². The fourth-order valence-electron chi connectivity index (χ4n) is 2.80. The summed E-state index contributed by atoms with van der Waals surface area (Å²) in [6.45, 7) is 3.88. The molecule has 23 heavy (non-hydrogen) atoms. The van der Waals surface area contributed by atoms with Crippen LogP contribution >= 0.6 is 0 Å². The van der Waals surface area contributed by atoms with Crippen LogP contribution in [0.15, 0.2) is 18.3 Å². The van der Waals surface area contributed by atoms with Crippen LogP contribution in [0.5, 0.6) is 5.75 Å². The summed E-state index contributed by atoms with van der Waals surface area (Å²) >= 11 is 0. The lowest BCUT2D eigenvalue weighted by Gasteiger charge is -2.23. The molecule has 0 spiro atoms. The number of nitrogens with one attached hydrogen (secondary N) is 1. The van der Waals surface area contributed by atoms with E-state index in [9.17, 15) is 8.78 Å². The van der Waals surface area contributed by atoms with E-state index < -0.39 is 6.43 Å². The molecule has 0 amide bonds. The summed E-state index contributed by atoms with van der Waals surface area (Å²) < 4.78 is 30.2. The minimum Gasteiger partial charge on any atom is -0.496 e. The van der Waals surface area contributed by atoms with E-state index in [2.05, 4.69) is 16.0 Å². The standard InChI is InChI=1S/C17H25F2N3O/c1-12-9-15(23-4)14(13-5-6-20-17(12)13)10-21(2)7-8-22(3)11-16(18)19/h5-6,9,16,20H,7-8,10-11H2,1-4H3. The van der Waals surface area contributed by atoms with Crippen molar-refractivity contribution >= 4 is 10.9 Å². The van der Waals surface area contributed by atoms with Gasteiger partial charge in [-0.3, -0.25) is 4.90 Å². The summed E-state index contributed by atoms with van der Waals surface area (Å²) in [6.07, 6.45) is -0.362. The van der Waals surface area contributed by atoms with Gasteiger partial charge in [-0.05, 0) is 38.7 Å². The molecule has 0 atom stereocenters. The van der Waals surface area contributed by atoms with Crippen LogP contribution in [0.3, 0.4) is 0 Å². The van der Waals surface area contributed by atoms with E-state index in [1.807, 2.05) is 26.2 Å². The van der Waals surface area contributed by atoms with Gasteiger partial charge in [0.05, 0.1) is 13.7 Å². The van der Waals surface area contributed by atoms with Crippen molar-refractivity contribution in [2.45, 2.75) is 19.9 Å². The fraction of sp³-hybridized carbons (Fsp3) is 0.529. The van der Waals surface area contributed by atoms with E-state index in [0.717, 1.165) is 27.8 Å². The molecule has 1 aromatic heterocycles. The van der Waals surface area contributed by atoms with Crippen LogP contribution in [0.25, 0.3) is 10.9 Å². The Morgan fingerprint density at radius 1 is 1.22 bits per heavy atom. The van der Waals surface area contributed by atoms with Crippen molar-refractivity contribution in [3.63, 3.8) is 0 Å². The van der Waals surface area contributed by atoms with E-state index in [1.54, 1.807) is 19.1 Å². The van der Waals surface area contributed by atoms with Gasteiger partial charge >= 0.3 is 0 Å². The van der Waals surface area contributed by atoms with Crippen molar-refractivity contribution in [2.75, 3.05) is 40.8 Å². The monoisotopic (exact) mass is 325 g/mol. The number of rotatable bonds is 8. The normalized spacial score (nSPS) is 12.0. The molecule has 0 aliphatic heterocycles. The summed E-state index contributed by atoms with van der Waals surface area (Å²) in [4.78, 5) is 7.04. The van der Waals surface area contributed by atoms with Gasteiger partial charge in [-0.15, -0.1) is 0 Å². The molecule has 0 saturated heterocycles. The number of likely N-dealkylation sites (N-methyl/N-ethyl adjacent to an activating group) is 2. The van der Waals surface area contributed by atoms with E-state index in [4.69, 9.17) is 4.74 Å². The van der Waals surface area contributed by atoms with Crippen LogP contribution in [0.1, 0.15) is 11.1 Å². The number of ether oxygens (including phenoxy) is 1. The third kappa shape index (κ3) is 4.42. The Hall–Kier alpha value is -1.66. The van der Waals surface area contributed by atoms with Gasteiger partial charge in [0.15, 0.2) is 0 Å². The molecule has 0 saturated carbocycles. The molecule has 128 valence electrons. The highest BCUT2D eigenvalue weighted by Crippen LogP contribution is 2.31. The summed E-state index contributed by atoms with van der Waals surface area (Å²) in [5.41, 5.74) is 3.38. The first-order chi connectivity index (χ1) is 10.9. The minimum atomic E-state index is -2.29. The highest BCUT2D eigenvalue weighted by atomic mass is 19.3. The van der Waals surface area contributed by atoms with Crippen molar-refractivity contribution in [1.29, 1.82) is 0 Å². The lowest BCUT2D eigenvalue weighted by atomic mass is 10.0. The number of aromatic nitrogens is 1. The molecule has 4 nitrogen and oxygen atoms in total. The van der Waals surface area contributed by atoms with Crippen molar-refractivity contribution in [3.05, 3.63) is 29.5 Å². The van der Waals surface area contributed by atoms with Crippen LogP contribution in [0.2, 0.25) is 0 Å². The number of fused-ring (bicyclic) bond motifs is 1. The van der Waals surface area contributed by atoms with Crippen molar-refractivity contribution in [3.8, 4) is 5.75 Å². The van der Waals surface area contributed by atoms with Crippen molar-refractivity contribution in [1.82, 2.24) is 14.8 Å². The Morgan fingerprint density at radius 3 is 2.57 bits per heavy atom. The molecule has 0 radical (unpaired) electrons. The van der Waals surface area contributed by atoms with Gasteiger partial charge in [-0.1, -0.05) is 0 Å². The summed E-state index contributed by atoms with van der Waals surface area (Å²) in [5.74, 6) is 0.863. The van der Waals surface area contributed by atoms with Crippen LogP contribution < -0.4 is 4.74 Å². The number of hydrogen-bond donors (Lipinski definition) is 1. The predicted molar refractivity (Wildman–Crippen MR) is 89.4 cm³/mol. The number of nitrogens with zero attached hydrogens (tertiary/aromatic N) is 2. The van der Waals surface area contributed by atoms with Gasteiger partial charge in [0.1, 0.15) is 5.75 Å². The Labute approximate surface area is 136 Å². The second kappa shape index (κ2) is 7.75. The number of aromatic amines is 1. The van der Waals surface area contributed by atoms with Crippen molar-refractivity contribution < 1.29 is 13.5 Å². The molecule has 2 aromatic rings. The van der Waals surface area contributed by atoms with Crippen molar-refractivity contribution in [2.24, 2.45) is 0 Å². The lowest BCUT2D eigenvalue weighted by Crippen LogP contribution is -2.33. The van der Waals surface area contributed by atoms with Gasteiger partial charge in [0.2, 0.25) is 0 Å². The Balaban J connectivity index is 2.08. The number of aryl methyl sites for hydroxylation is 1. The predicted octanol–water partition coefficient (Wildman–Crippen LogP) is 3.11. The molecule has 1 heterocycles. The molecule has 2 rings (SSSR count). The van der Waals surface area contributed by atoms with E-state index in [-0.39, 0.29) is 6.54 Å². The number of halogens is 2. The molecular formula is C17H25F2N3O. The number of hydrogen-bond acceptors (Lipinski definition) is 3. The Bertz CT molecular complexity index is 642. The first-order valence-electron chi connectivity index (χ1n) is 7.71. The van der Waals surface area contributed by atoms with Gasteiger partial charge in [-0.25, -0.2) is 8.78 Å². The second-order valence-corrected chi connectivity index (χ2v) is 6.03. The third-order valence-corrected chi connectivity index (χ3v) is 4.07. The van der Waals surface area contributed by atoms with Crippen LogP contribution in [0.4, 0.5) is 8.78 Å². The topological polar surface area (TPSA) is 31.5 Å². The van der Waals surface area contributed by atoms with Crippen LogP contribution in [-0.4, -0.2) is 62.0 Å². The average molecular weight is 325 g/mol. The largest absolute Gasteiger partial charge is 0.496 e. The molecule has 0 unspecified atom stereocenters. The smallest absolute Gasteiger partial charge is 0.251 e. The second-order valence-electron chi connectivity index (χ2n) is 6.03. The molecule has 0 fully saturated rings. The van der Waals surface area contributed by atoms with Crippen LogP contribution in [-0.2, 0) is 6.54 Å². The van der Waals surface area contributed by atoms with E-state index in [1.165, 1.54) is 0 Å². The zero-order chi connectivity index (χ0) is 17.0. The molecule has 0 aliphatic carbocycles. The molecule has 1 N–H and O–H groups in total. The Kier molecular flexibility index (Phi) is 5.96. The molecule has 1 aromatic carbocycles. The molecule has 0 bridgehead atoms. The number of H-pyrrole nitrogens is 1. The number of benzene rings is 1.